The van der Waals surface area contributed by atoms with Gasteiger partial charge in [-0.05, 0) is 43.3 Å². The molecule has 39 heavy (non-hydrogen) atoms. The van der Waals surface area contributed by atoms with Gasteiger partial charge in [-0.1, -0.05) is 18.2 Å². The molecule has 1 aromatic carbocycles. The average Bonchev–Trinajstić information content (AvgIpc) is 3.71. The van der Waals surface area contributed by atoms with Gasteiger partial charge in [-0.2, -0.15) is 5.10 Å². The zero-order valence-electron chi connectivity index (χ0n) is 20.8. The van der Waals surface area contributed by atoms with Crippen molar-refractivity contribution in [1.82, 2.24) is 39.7 Å². The van der Waals surface area contributed by atoms with E-state index in [0.29, 0.717) is 16.9 Å². The van der Waals surface area contributed by atoms with E-state index in [0.717, 1.165) is 50.3 Å². The summed E-state index contributed by atoms with van der Waals surface area (Å²) in [5.74, 6) is 0.590. The van der Waals surface area contributed by atoms with Crippen LogP contribution in [0.2, 0.25) is 0 Å². The lowest BCUT2D eigenvalue weighted by Crippen LogP contribution is -2.11. The van der Waals surface area contributed by atoms with Crippen LogP contribution >= 0.6 is 0 Å². The molecule has 6 aromatic heterocycles. The van der Waals surface area contributed by atoms with Crippen molar-refractivity contribution in [2.24, 2.45) is 0 Å². The Kier molecular flexibility index (Phi) is 5.22. The molecule has 0 aliphatic rings. The molecule has 10 heteroatoms. The van der Waals surface area contributed by atoms with Gasteiger partial charge in [0.25, 0.3) is 5.91 Å². The Morgan fingerprint density at radius 2 is 1.82 bits per heavy atom. The highest BCUT2D eigenvalue weighted by molar-refractivity contribution is 6.04. The fourth-order valence-electron chi connectivity index (χ4n) is 4.63. The number of hydrogen-bond donors (Lipinski definition) is 3. The van der Waals surface area contributed by atoms with Gasteiger partial charge in [0.2, 0.25) is 0 Å². The van der Waals surface area contributed by atoms with Crippen molar-refractivity contribution in [1.29, 1.82) is 0 Å². The number of H-pyrrole nitrogens is 2. The highest BCUT2D eigenvalue weighted by Gasteiger charge is 2.16. The second-order valence-corrected chi connectivity index (χ2v) is 9.17. The number of hydrogen-bond acceptors (Lipinski definition) is 6. The van der Waals surface area contributed by atoms with Crippen LogP contribution in [0.15, 0.2) is 91.9 Å². The molecule has 0 saturated carbocycles. The highest BCUT2D eigenvalue weighted by Crippen LogP contribution is 2.32. The van der Waals surface area contributed by atoms with Crippen LogP contribution in [0.25, 0.3) is 50.3 Å². The average molecular weight is 512 g/mol. The van der Waals surface area contributed by atoms with Crippen LogP contribution in [0, 0.1) is 6.92 Å². The molecule has 0 atom stereocenters. The van der Waals surface area contributed by atoms with Crippen molar-refractivity contribution in [2.75, 3.05) is 5.32 Å². The maximum absolute atomic E-state index is 12.6. The number of benzene rings is 1. The number of aromatic amines is 2. The Labute approximate surface area is 221 Å². The summed E-state index contributed by atoms with van der Waals surface area (Å²) in [4.78, 5) is 33.9. The molecule has 188 valence electrons. The molecule has 0 spiro atoms. The SMILES string of the molecule is Cc1cn(-c2nccc3[nH]c(-c4n[nH]c5cnc(-c6cncc(NC(=O)c7ccccc7)c6)cc45)cc23)cn1. The minimum Gasteiger partial charge on any atom is -0.353 e. The second kappa shape index (κ2) is 9.03. The molecule has 0 radical (unpaired) electrons. The van der Waals surface area contributed by atoms with E-state index >= 15 is 0 Å². The molecule has 10 nitrogen and oxygen atoms in total. The van der Waals surface area contributed by atoms with Crippen LogP contribution in [0.5, 0.6) is 0 Å². The highest BCUT2D eigenvalue weighted by atomic mass is 16.1. The predicted octanol–water partition coefficient (Wildman–Crippen LogP) is 5.31. The van der Waals surface area contributed by atoms with Crippen molar-refractivity contribution >= 4 is 33.4 Å². The minimum atomic E-state index is -0.200. The number of nitrogens with one attached hydrogen (secondary N) is 3. The van der Waals surface area contributed by atoms with Gasteiger partial charge in [0.1, 0.15) is 17.8 Å². The van der Waals surface area contributed by atoms with Crippen LogP contribution in [-0.4, -0.2) is 45.6 Å². The van der Waals surface area contributed by atoms with E-state index in [-0.39, 0.29) is 5.91 Å². The summed E-state index contributed by atoms with van der Waals surface area (Å²) >= 11 is 0. The fraction of sp³-hybridized carbons (Fsp3) is 0.0345. The maximum Gasteiger partial charge on any atom is 0.255 e. The van der Waals surface area contributed by atoms with Gasteiger partial charge in [-0.25, -0.2) is 9.97 Å². The molecular weight excluding hydrogens is 490 g/mol. The van der Waals surface area contributed by atoms with Crippen LogP contribution in [0.4, 0.5) is 5.69 Å². The van der Waals surface area contributed by atoms with Gasteiger partial charge < -0.3 is 10.3 Å². The number of rotatable bonds is 5. The van der Waals surface area contributed by atoms with Gasteiger partial charge in [0.15, 0.2) is 0 Å². The molecular formula is C29H21N9O. The number of pyridine rings is 3. The third kappa shape index (κ3) is 4.09. The van der Waals surface area contributed by atoms with E-state index in [1.807, 2.05) is 60.2 Å². The number of imidazole rings is 1. The normalized spacial score (nSPS) is 11.3. The van der Waals surface area contributed by atoms with Crippen molar-refractivity contribution in [3.05, 3.63) is 103 Å². The monoisotopic (exact) mass is 511 g/mol. The lowest BCUT2D eigenvalue weighted by Gasteiger charge is -2.07. The van der Waals surface area contributed by atoms with Crippen molar-refractivity contribution in [2.45, 2.75) is 6.92 Å². The molecule has 0 aliphatic heterocycles. The van der Waals surface area contributed by atoms with E-state index in [1.54, 1.807) is 43.2 Å². The van der Waals surface area contributed by atoms with E-state index < -0.39 is 0 Å². The molecule has 3 N–H and O–H groups in total. The molecule has 0 aliphatic carbocycles. The van der Waals surface area contributed by atoms with Gasteiger partial charge >= 0.3 is 0 Å². The van der Waals surface area contributed by atoms with Crippen LogP contribution in [0.1, 0.15) is 16.1 Å². The Hall–Kier alpha value is -5.64. The quantitative estimate of drug-likeness (QED) is 0.287. The lowest BCUT2D eigenvalue weighted by atomic mass is 10.1. The van der Waals surface area contributed by atoms with Crippen molar-refractivity contribution < 1.29 is 4.79 Å². The van der Waals surface area contributed by atoms with Gasteiger partial charge in [0.05, 0.1) is 46.2 Å². The summed E-state index contributed by atoms with van der Waals surface area (Å²) in [7, 11) is 0. The molecule has 7 aromatic rings. The maximum atomic E-state index is 12.6. The summed E-state index contributed by atoms with van der Waals surface area (Å²) in [6, 6.07) is 16.9. The van der Waals surface area contributed by atoms with Crippen LogP contribution in [-0.2, 0) is 0 Å². The Morgan fingerprint density at radius 3 is 2.67 bits per heavy atom. The molecule has 1 amide bonds. The van der Waals surface area contributed by atoms with E-state index in [1.165, 1.54) is 0 Å². The molecule has 0 bridgehead atoms. The van der Waals surface area contributed by atoms with E-state index in [9.17, 15) is 4.79 Å². The summed E-state index contributed by atoms with van der Waals surface area (Å²) < 4.78 is 1.91. The molecule has 0 fully saturated rings. The molecule has 0 saturated heterocycles. The number of aryl methyl sites for hydroxylation is 1. The van der Waals surface area contributed by atoms with Gasteiger partial charge in [-0.3, -0.25) is 24.4 Å². The van der Waals surface area contributed by atoms with Crippen molar-refractivity contribution in [3.63, 3.8) is 0 Å². The number of amides is 1. The standard InChI is InChI=1S/C29H21N9O/c1-17-15-38(16-33-17)28-22-11-25(35-23(22)7-8-31-28)27-21-10-24(32-14-26(21)36-37-27)19-9-20(13-30-12-19)34-29(39)18-5-3-2-4-6-18/h2-16,35H,1H3,(H,34,39)(H,36,37). The molecule has 6 heterocycles. The number of anilines is 1. The largest absolute Gasteiger partial charge is 0.353 e. The number of carbonyl (C=O) groups excluding carboxylic acids is 1. The minimum absolute atomic E-state index is 0.200. The number of fused-ring (bicyclic) bond motifs is 2. The first-order valence-corrected chi connectivity index (χ1v) is 12.3. The predicted molar refractivity (Wildman–Crippen MR) is 148 cm³/mol. The van der Waals surface area contributed by atoms with Gasteiger partial charge in [0, 0.05) is 40.5 Å². The van der Waals surface area contributed by atoms with E-state index in [2.05, 4.69) is 40.4 Å². The summed E-state index contributed by atoms with van der Waals surface area (Å²) in [6.07, 6.45) is 10.6. The van der Waals surface area contributed by atoms with Crippen LogP contribution in [0.3, 0.4) is 0 Å². The zero-order chi connectivity index (χ0) is 26.3. The fourth-order valence-corrected chi connectivity index (χ4v) is 4.63. The van der Waals surface area contributed by atoms with Gasteiger partial charge in [-0.15, -0.1) is 0 Å². The smallest absolute Gasteiger partial charge is 0.255 e. The Bertz CT molecular complexity index is 1980. The first kappa shape index (κ1) is 22.5. The summed E-state index contributed by atoms with van der Waals surface area (Å²) in [5, 5.41) is 12.4. The first-order valence-electron chi connectivity index (χ1n) is 12.3. The third-order valence-corrected chi connectivity index (χ3v) is 6.51. The molecule has 0 unspecified atom stereocenters. The van der Waals surface area contributed by atoms with Crippen molar-refractivity contribution in [3.8, 4) is 28.5 Å². The number of carbonyl (C=O) groups is 1. The Balaban J connectivity index is 1.25. The lowest BCUT2D eigenvalue weighted by molar-refractivity contribution is 0.102. The number of aromatic nitrogens is 8. The topological polar surface area (TPSA) is 130 Å². The summed E-state index contributed by atoms with van der Waals surface area (Å²) in [5.41, 5.74) is 6.91. The third-order valence-electron chi connectivity index (χ3n) is 6.51. The first-order chi connectivity index (χ1) is 19.1. The number of nitrogens with zero attached hydrogens (tertiary/aromatic N) is 6. The summed E-state index contributed by atoms with van der Waals surface area (Å²) in [6.45, 7) is 1.95. The second-order valence-electron chi connectivity index (χ2n) is 9.17. The zero-order valence-corrected chi connectivity index (χ0v) is 20.8. The molecule has 7 rings (SSSR count). The van der Waals surface area contributed by atoms with E-state index in [4.69, 9.17) is 0 Å². The Morgan fingerprint density at radius 1 is 0.923 bits per heavy atom. The van der Waals surface area contributed by atoms with Crippen LogP contribution < -0.4 is 5.32 Å².